The fourth-order valence-electron chi connectivity index (χ4n) is 13.0. The van der Waals surface area contributed by atoms with Crippen molar-refractivity contribution in [1.82, 2.24) is 15.0 Å². The van der Waals surface area contributed by atoms with Crippen molar-refractivity contribution in [1.29, 1.82) is 0 Å². The number of anilines is 2. The molecule has 66 heavy (non-hydrogen) atoms. The van der Waals surface area contributed by atoms with Crippen LogP contribution in [-0.2, 0) is 12.8 Å². The Morgan fingerprint density at radius 3 is 1.45 bits per heavy atom. The normalized spacial score (nSPS) is 26.5. The van der Waals surface area contributed by atoms with Gasteiger partial charge in [-0.3, -0.25) is 0 Å². The molecule has 8 unspecified atom stereocenters. The molecule has 7 aromatic rings. The Hall–Kier alpha value is -5.37. The number of benzene rings is 6. The topological polar surface area (TPSA) is 45.2 Å². The first-order valence-electron chi connectivity index (χ1n) is 24.8. The van der Waals surface area contributed by atoms with Gasteiger partial charge in [0.05, 0.1) is 0 Å². The van der Waals surface area contributed by atoms with E-state index in [-0.39, 0.29) is 0 Å². The zero-order chi connectivity index (χ0) is 43.6. The van der Waals surface area contributed by atoms with E-state index < -0.39 is 0 Å². The van der Waals surface area contributed by atoms with Crippen LogP contribution in [0.2, 0.25) is 0 Å². The van der Waals surface area contributed by atoms with Crippen LogP contribution < -0.4 is 9.80 Å². The van der Waals surface area contributed by atoms with E-state index in [2.05, 4.69) is 185 Å². The van der Waals surface area contributed by atoms with Crippen molar-refractivity contribution in [2.24, 2.45) is 0 Å². The van der Waals surface area contributed by atoms with Crippen LogP contribution in [0.5, 0.6) is 0 Å². The molecule has 1 aromatic heterocycles. The van der Waals surface area contributed by atoms with Crippen molar-refractivity contribution in [3.63, 3.8) is 0 Å². The fraction of sp³-hybridized carbons (Fsp3) is 0.339. The Labute approximate surface area is 398 Å². The first-order chi connectivity index (χ1) is 32.7. The van der Waals surface area contributed by atoms with E-state index in [0.29, 0.717) is 45.2 Å². The van der Waals surface area contributed by atoms with Crippen molar-refractivity contribution >= 4 is 35.2 Å². The summed E-state index contributed by atoms with van der Waals surface area (Å²) in [7, 11) is 0. The molecule has 0 radical (unpaired) electrons. The molecule has 13 rings (SSSR count). The van der Waals surface area contributed by atoms with E-state index >= 15 is 0 Å². The summed E-state index contributed by atoms with van der Waals surface area (Å²) < 4.78 is 0. The zero-order valence-corrected chi connectivity index (χ0v) is 39.2. The minimum atomic E-state index is 0.373. The van der Waals surface area contributed by atoms with Crippen LogP contribution in [0.4, 0.5) is 11.6 Å². The summed E-state index contributed by atoms with van der Waals surface area (Å²) in [6.45, 7) is 0. The maximum atomic E-state index is 5.69. The summed E-state index contributed by atoms with van der Waals surface area (Å²) in [6.07, 6.45) is 14.5. The molecule has 5 nitrogen and oxygen atoms in total. The van der Waals surface area contributed by atoms with E-state index in [1.807, 2.05) is 0 Å². The largest absolute Gasteiger partial charge is 0.363 e. The van der Waals surface area contributed by atoms with Gasteiger partial charge in [-0.2, -0.15) is 33.5 Å². The van der Waals surface area contributed by atoms with Gasteiger partial charge >= 0.3 is 0 Å². The maximum absolute atomic E-state index is 5.69. The van der Waals surface area contributed by atoms with Gasteiger partial charge in [-0.15, -0.1) is 0 Å². The standard InChI is InChI=1S/C59H57N5S2/c1-3-17-38(18-4-1)57-60-58(43-32-31-42-34-40-20-8-11-25-46(40)45-24-10-7-19-39(45)33-41-21-9-12-26-47(41)48(42)35-43)62-59(61-57)64-50-28-14-16-30-54(50)66-56-36-51-55(37-52(56)64)65-53-29-15-13-27-49(53)63(51)44-22-5-2-6-23-44/h1-12,17-26,31-32,35,49-56H,13-16,27-30,33-34,36-37H2. The van der Waals surface area contributed by atoms with Crippen molar-refractivity contribution in [3.8, 4) is 45.0 Å². The molecule has 7 heteroatoms. The van der Waals surface area contributed by atoms with E-state index in [9.17, 15) is 0 Å². The highest BCUT2D eigenvalue weighted by Crippen LogP contribution is 2.54. The minimum absolute atomic E-state index is 0.373. The maximum Gasteiger partial charge on any atom is 0.230 e. The summed E-state index contributed by atoms with van der Waals surface area (Å²) in [6, 6.07) is 58.2. The molecule has 3 heterocycles. The van der Waals surface area contributed by atoms with Crippen LogP contribution >= 0.6 is 23.5 Å². The first kappa shape index (κ1) is 40.9. The van der Waals surface area contributed by atoms with Crippen LogP contribution in [0.15, 0.2) is 152 Å². The van der Waals surface area contributed by atoms with E-state index in [1.54, 1.807) is 0 Å². The van der Waals surface area contributed by atoms with Crippen molar-refractivity contribution in [2.75, 3.05) is 9.80 Å². The van der Waals surface area contributed by atoms with Gasteiger partial charge in [0.2, 0.25) is 5.95 Å². The lowest BCUT2D eigenvalue weighted by Crippen LogP contribution is -2.67. The number of rotatable bonds is 4. The van der Waals surface area contributed by atoms with Gasteiger partial charge in [0, 0.05) is 62.0 Å². The van der Waals surface area contributed by atoms with Crippen LogP contribution in [0, 0.1) is 0 Å². The van der Waals surface area contributed by atoms with Crippen LogP contribution in [0.25, 0.3) is 45.0 Å². The number of para-hydroxylation sites is 1. The molecule has 8 atom stereocenters. The number of hydrogen-bond donors (Lipinski definition) is 0. The lowest BCUT2D eigenvalue weighted by molar-refractivity contribution is 0.285. The molecule has 4 aliphatic carbocycles. The van der Waals surface area contributed by atoms with Crippen molar-refractivity contribution in [3.05, 3.63) is 174 Å². The number of nitrogens with zero attached hydrogens (tertiary/aromatic N) is 5. The number of fused-ring (bicyclic) bond motifs is 10. The smallest absolute Gasteiger partial charge is 0.230 e. The molecule has 330 valence electrons. The molecule has 2 saturated heterocycles. The summed E-state index contributed by atoms with van der Waals surface area (Å²) in [5.74, 6) is 2.42. The number of aromatic nitrogens is 3. The molecule has 0 spiro atoms. The van der Waals surface area contributed by atoms with Gasteiger partial charge in [0.25, 0.3) is 0 Å². The highest BCUT2D eigenvalue weighted by atomic mass is 32.2. The Morgan fingerprint density at radius 1 is 0.379 bits per heavy atom. The summed E-state index contributed by atoms with van der Waals surface area (Å²) in [5, 5.41) is 2.36. The summed E-state index contributed by atoms with van der Waals surface area (Å²) in [5.41, 5.74) is 14.1. The van der Waals surface area contributed by atoms with E-state index in [4.69, 9.17) is 15.0 Å². The second kappa shape index (κ2) is 17.4. The molecule has 3 saturated carbocycles. The average molecular weight is 900 g/mol. The quantitative estimate of drug-likeness (QED) is 0.174. The van der Waals surface area contributed by atoms with Crippen LogP contribution in [0.3, 0.4) is 0 Å². The molecule has 6 aliphatic rings. The Kier molecular flexibility index (Phi) is 10.8. The summed E-state index contributed by atoms with van der Waals surface area (Å²) in [4.78, 5) is 22.4. The van der Waals surface area contributed by atoms with E-state index in [0.717, 1.165) is 41.6 Å². The van der Waals surface area contributed by atoms with Crippen molar-refractivity contribution in [2.45, 2.75) is 122 Å². The summed E-state index contributed by atoms with van der Waals surface area (Å²) >= 11 is 4.69. The SMILES string of the molecule is c1ccc(-c2nc(-c3ccc4c(c3)-c3ccccc3Cc3ccccc3-c3ccccc3C4)nc(N3C4CCCCC4SC4CC5C(CC43)SC3CCCCC3N5c3ccccc3)n2)cc1. The van der Waals surface area contributed by atoms with Crippen molar-refractivity contribution < 1.29 is 0 Å². The third kappa shape index (κ3) is 7.36. The second-order valence-electron chi connectivity index (χ2n) is 19.7. The lowest BCUT2D eigenvalue weighted by atomic mass is 9.82. The molecule has 0 bridgehead atoms. The molecule has 2 aliphatic heterocycles. The molecule has 0 amide bonds. The first-order valence-corrected chi connectivity index (χ1v) is 26.7. The Morgan fingerprint density at radius 2 is 0.848 bits per heavy atom. The van der Waals surface area contributed by atoms with Gasteiger partial charge < -0.3 is 9.80 Å². The van der Waals surface area contributed by atoms with E-state index in [1.165, 1.54) is 114 Å². The predicted molar refractivity (Wildman–Crippen MR) is 277 cm³/mol. The number of thioether (sulfide) groups is 2. The van der Waals surface area contributed by atoms with Gasteiger partial charge in [-0.05, 0) is 114 Å². The monoisotopic (exact) mass is 899 g/mol. The molecule has 0 N–H and O–H groups in total. The third-order valence-electron chi connectivity index (χ3n) is 16.0. The second-order valence-corrected chi connectivity index (χ2v) is 22.7. The third-order valence-corrected chi connectivity index (χ3v) is 19.5. The van der Waals surface area contributed by atoms with Gasteiger partial charge in [0.1, 0.15) is 0 Å². The Balaban J connectivity index is 0.936. The minimum Gasteiger partial charge on any atom is -0.363 e. The molecular formula is C59H57N5S2. The Bertz CT molecular complexity index is 2890. The molecule has 6 aromatic carbocycles. The highest BCUT2D eigenvalue weighted by molar-refractivity contribution is 8.01. The van der Waals surface area contributed by atoms with Crippen LogP contribution in [-0.4, -0.2) is 60.1 Å². The highest BCUT2D eigenvalue weighted by Gasteiger charge is 2.54. The number of hydrogen-bond acceptors (Lipinski definition) is 7. The van der Waals surface area contributed by atoms with Gasteiger partial charge in [-0.25, -0.2) is 4.98 Å². The molecule has 5 fully saturated rings. The molecular weight excluding hydrogens is 843 g/mol. The average Bonchev–Trinajstić information content (AvgIpc) is 3.37. The predicted octanol–water partition coefficient (Wildman–Crippen LogP) is 13.7. The van der Waals surface area contributed by atoms with Gasteiger partial charge in [0.15, 0.2) is 11.6 Å². The fourth-order valence-corrected chi connectivity index (χ4v) is 16.8. The zero-order valence-electron chi connectivity index (χ0n) is 37.6. The lowest BCUT2D eigenvalue weighted by Gasteiger charge is -2.60. The van der Waals surface area contributed by atoms with Gasteiger partial charge in [-0.1, -0.05) is 159 Å². The van der Waals surface area contributed by atoms with Crippen LogP contribution in [0.1, 0.15) is 86.5 Å².